The van der Waals surface area contributed by atoms with E-state index in [0.29, 0.717) is 0 Å². The molecule has 0 saturated heterocycles. The van der Waals surface area contributed by atoms with Gasteiger partial charge >= 0.3 is 0 Å². The molecule has 0 aliphatic rings. The van der Waals surface area contributed by atoms with E-state index in [9.17, 15) is 0 Å². The summed E-state index contributed by atoms with van der Waals surface area (Å²) in [5.74, 6) is 0. The second-order valence-electron chi connectivity index (χ2n) is 5.46. The minimum absolute atomic E-state index is 0.905. The highest BCUT2D eigenvalue weighted by Crippen LogP contribution is 2.03. The molecule has 114 valence electrons. The average Bonchev–Trinajstić information content (AvgIpc) is 2.96. The van der Waals surface area contributed by atoms with Gasteiger partial charge in [0.25, 0.3) is 0 Å². The van der Waals surface area contributed by atoms with E-state index >= 15 is 0 Å². The van der Waals surface area contributed by atoms with Gasteiger partial charge in [-0.3, -0.25) is 4.68 Å². The Kier molecular flexibility index (Phi) is 6.44. The Bertz CT molecular complexity index is 507. The first-order chi connectivity index (χ1) is 10.3. The maximum absolute atomic E-state index is 4.28. The van der Waals surface area contributed by atoms with Crippen LogP contribution < -0.4 is 5.32 Å². The van der Waals surface area contributed by atoms with Crippen LogP contribution in [0.1, 0.15) is 24.5 Å². The van der Waals surface area contributed by atoms with Crippen molar-refractivity contribution in [1.82, 2.24) is 20.0 Å². The fraction of sp³-hybridized carbons (Fsp3) is 0.471. The van der Waals surface area contributed by atoms with Crippen LogP contribution in [0.15, 0.2) is 42.7 Å². The van der Waals surface area contributed by atoms with Gasteiger partial charge in [0.2, 0.25) is 0 Å². The Morgan fingerprint density at radius 1 is 1.19 bits per heavy atom. The van der Waals surface area contributed by atoms with Crippen LogP contribution in [-0.2, 0) is 19.6 Å². The highest BCUT2D eigenvalue weighted by molar-refractivity contribution is 5.14. The molecule has 4 heteroatoms. The molecule has 0 aliphatic heterocycles. The molecule has 1 N–H and O–H groups in total. The third-order valence-electron chi connectivity index (χ3n) is 3.53. The number of aryl methyl sites for hydroxylation is 1. The van der Waals surface area contributed by atoms with Gasteiger partial charge in [-0.1, -0.05) is 30.3 Å². The summed E-state index contributed by atoms with van der Waals surface area (Å²) in [6.45, 7) is 7.11. The molecule has 4 nitrogen and oxygen atoms in total. The molecule has 2 aromatic rings. The standard InChI is InChI=1S/C17H26N4/c1-3-21-15-17(13-19-21)12-18-10-7-11-20(2)14-16-8-5-4-6-9-16/h4-6,8-9,13,15,18H,3,7,10-12,14H2,1-2H3. The first-order valence-corrected chi connectivity index (χ1v) is 7.72. The van der Waals surface area contributed by atoms with Crippen LogP contribution in [0.5, 0.6) is 0 Å². The Morgan fingerprint density at radius 2 is 2.00 bits per heavy atom. The van der Waals surface area contributed by atoms with Crippen molar-refractivity contribution in [2.75, 3.05) is 20.1 Å². The lowest BCUT2D eigenvalue weighted by molar-refractivity contribution is 0.319. The second-order valence-corrected chi connectivity index (χ2v) is 5.46. The van der Waals surface area contributed by atoms with Crippen molar-refractivity contribution in [2.45, 2.75) is 33.0 Å². The van der Waals surface area contributed by atoms with Crippen LogP contribution in [0.4, 0.5) is 0 Å². The molecule has 21 heavy (non-hydrogen) atoms. The van der Waals surface area contributed by atoms with Crippen LogP contribution in [0.25, 0.3) is 0 Å². The normalized spacial score (nSPS) is 11.2. The predicted octanol–water partition coefficient (Wildman–Crippen LogP) is 2.51. The third-order valence-corrected chi connectivity index (χ3v) is 3.53. The Morgan fingerprint density at radius 3 is 2.71 bits per heavy atom. The number of nitrogens with one attached hydrogen (secondary N) is 1. The van der Waals surface area contributed by atoms with E-state index in [2.05, 4.69) is 65.8 Å². The largest absolute Gasteiger partial charge is 0.313 e. The van der Waals surface area contributed by atoms with Crippen LogP contribution in [0.2, 0.25) is 0 Å². The minimum Gasteiger partial charge on any atom is -0.313 e. The number of rotatable bonds is 9. The molecule has 0 atom stereocenters. The van der Waals surface area contributed by atoms with Gasteiger partial charge < -0.3 is 10.2 Å². The first-order valence-electron chi connectivity index (χ1n) is 7.72. The molecule has 0 radical (unpaired) electrons. The highest BCUT2D eigenvalue weighted by atomic mass is 15.3. The van der Waals surface area contributed by atoms with Gasteiger partial charge in [-0.2, -0.15) is 5.10 Å². The van der Waals surface area contributed by atoms with Crippen LogP contribution in [0.3, 0.4) is 0 Å². The first kappa shape index (κ1) is 15.7. The molecule has 0 fully saturated rings. The molecular formula is C17H26N4. The van der Waals surface area contributed by atoms with Crippen molar-refractivity contribution in [3.63, 3.8) is 0 Å². The molecule has 0 spiro atoms. The quantitative estimate of drug-likeness (QED) is 0.719. The number of hydrogen-bond donors (Lipinski definition) is 1. The summed E-state index contributed by atoms with van der Waals surface area (Å²) in [6, 6.07) is 10.6. The summed E-state index contributed by atoms with van der Waals surface area (Å²) < 4.78 is 1.96. The maximum atomic E-state index is 4.28. The molecule has 2 rings (SSSR count). The van der Waals surface area contributed by atoms with E-state index in [-0.39, 0.29) is 0 Å². The van der Waals surface area contributed by atoms with Crippen molar-refractivity contribution < 1.29 is 0 Å². The Labute approximate surface area is 127 Å². The summed E-state index contributed by atoms with van der Waals surface area (Å²) in [7, 11) is 2.18. The van der Waals surface area contributed by atoms with E-state index in [0.717, 1.165) is 39.1 Å². The molecule has 0 bridgehead atoms. The van der Waals surface area contributed by atoms with Crippen molar-refractivity contribution >= 4 is 0 Å². The number of benzene rings is 1. The number of hydrogen-bond acceptors (Lipinski definition) is 3. The zero-order valence-corrected chi connectivity index (χ0v) is 13.1. The van der Waals surface area contributed by atoms with E-state index in [1.165, 1.54) is 11.1 Å². The topological polar surface area (TPSA) is 33.1 Å². The van der Waals surface area contributed by atoms with Crippen molar-refractivity contribution in [3.8, 4) is 0 Å². The zero-order valence-electron chi connectivity index (χ0n) is 13.1. The van der Waals surface area contributed by atoms with Gasteiger partial charge in [0.15, 0.2) is 0 Å². The SMILES string of the molecule is CCn1cc(CNCCCN(C)Cc2ccccc2)cn1. The zero-order chi connectivity index (χ0) is 14.9. The molecule has 0 saturated carbocycles. The van der Waals surface area contributed by atoms with Gasteiger partial charge in [0.1, 0.15) is 0 Å². The van der Waals surface area contributed by atoms with Gasteiger partial charge in [0.05, 0.1) is 6.20 Å². The monoisotopic (exact) mass is 286 g/mol. The van der Waals surface area contributed by atoms with Gasteiger partial charge in [-0.05, 0) is 39.0 Å². The Hall–Kier alpha value is -1.65. The molecule has 1 aromatic heterocycles. The minimum atomic E-state index is 0.905. The molecular weight excluding hydrogens is 260 g/mol. The smallest absolute Gasteiger partial charge is 0.0534 e. The lowest BCUT2D eigenvalue weighted by Gasteiger charge is -2.16. The number of nitrogens with zero attached hydrogens (tertiary/aromatic N) is 3. The summed E-state index contributed by atoms with van der Waals surface area (Å²) >= 11 is 0. The van der Waals surface area contributed by atoms with Gasteiger partial charge in [0, 0.05) is 31.4 Å². The molecule has 0 aliphatic carbocycles. The summed E-state index contributed by atoms with van der Waals surface area (Å²) in [6.07, 6.45) is 5.21. The van der Waals surface area contributed by atoms with E-state index < -0.39 is 0 Å². The number of aromatic nitrogens is 2. The lowest BCUT2D eigenvalue weighted by atomic mass is 10.2. The van der Waals surface area contributed by atoms with E-state index in [4.69, 9.17) is 0 Å². The predicted molar refractivity (Wildman–Crippen MR) is 87.0 cm³/mol. The van der Waals surface area contributed by atoms with Crippen molar-refractivity contribution in [2.24, 2.45) is 0 Å². The fourth-order valence-electron chi connectivity index (χ4n) is 2.35. The van der Waals surface area contributed by atoms with Crippen LogP contribution >= 0.6 is 0 Å². The molecule has 1 heterocycles. The summed E-state index contributed by atoms with van der Waals surface area (Å²) in [5, 5.41) is 7.76. The van der Waals surface area contributed by atoms with E-state index in [1.807, 2.05) is 10.9 Å². The molecule has 1 aromatic carbocycles. The lowest BCUT2D eigenvalue weighted by Crippen LogP contribution is -2.23. The van der Waals surface area contributed by atoms with Crippen molar-refractivity contribution in [3.05, 3.63) is 53.9 Å². The summed E-state index contributed by atoms with van der Waals surface area (Å²) in [4.78, 5) is 2.37. The maximum Gasteiger partial charge on any atom is 0.0534 e. The molecule has 0 amide bonds. The molecule has 0 unspecified atom stereocenters. The third kappa shape index (κ3) is 5.69. The van der Waals surface area contributed by atoms with Gasteiger partial charge in [-0.25, -0.2) is 0 Å². The Balaban J connectivity index is 1.57. The van der Waals surface area contributed by atoms with Crippen LogP contribution in [0, 0.1) is 0 Å². The fourth-order valence-corrected chi connectivity index (χ4v) is 2.35. The summed E-state index contributed by atoms with van der Waals surface area (Å²) in [5.41, 5.74) is 2.63. The van der Waals surface area contributed by atoms with Crippen LogP contribution in [-0.4, -0.2) is 34.8 Å². The second kappa shape index (κ2) is 8.60. The van der Waals surface area contributed by atoms with Gasteiger partial charge in [-0.15, -0.1) is 0 Å². The average molecular weight is 286 g/mol. The van der Waals surface area contributed by atoms with E-state index in [1.54, 1.807) is 0 Å². The highest BCUT2D eigenvalue weighted by Gasteiger charge is 2.00. The van der Waals surface area contributed by atoms with Crippen molar-refractivity contribution in [1.29, 1.82) is 0 Å².